The van der Waals surface area contributed by atoms with E-state index < -0.39 is 0 Å². The first-order valence-corrected chi connectivity index (χ1v) is 6.31. The van der Waals surface area contributed by atoms with E-state index in [9.17, 15) is 0 Å². The quantitative estimate of drug-likeness (QED) is 0.816. The maximum absolute atomic E-state index is 5.61. The smallest absolute Gasteiger partial charge is 0.0178 e. The van der Waals surface area contributed by atoms with E-state index in [0.717, 1.165) is 5.92 Å². The van der Waals surface area contributed by atoms with Gasteiger partial charge < -0.3 is 11.1 Å². The Labute approximate surface area is 98.2 Å². The number of nitrogens with two attached hydrogens (primary N) is 1. The SMILES string of the molecule is CC(c1ccc(CN)cc1)C1CCNCC1. The van der Waals surface area contributed by atoms with E-state index in [1.807, 2.05) is 0 Å². The van der Waals surface area contributed by atoms with Gasteiger partial charge in [0.25, 0.3) is 0 Å². The molecule has 0 bridgehead atoms. The van der Waals surface area contributed by atoms with Crippen LogP contribution in [0.4, 0.5) is 0 Å². The van der Waals surface area contributed by atoms with Crippen molar-refractivity contribution in [3.8, 4) is 0 Å². The van der Waals surface area contributed by atoms with E-state index in [1.165, 1.54) is 37.1 Å². The number of hydrogen-bond acceptors (Lipinski definition) is 2. The number of rotatable bonds is 3. The normalized spacial score (nSPS) is 19.6. The van der Waals surface area contributed by atoms with Gasteiger partial charge in [-0.1, -0.05) is 31.2 Å². The van der Waals surface area contributed by atoms with Gasteiger partial charge in [0.2, 0.25) is 0 Å². The highest BCUT2D eigenvalue weighted by Crippen LogP contribution is 2.30. The first-order valence-electron chi connectivity index (χ1n) is 6.31. The molecule has 0 aliphatic carbocycles. The van der Waals surface area contributed by atoms with Crippen molar-refractivity contribution in [1.29, 1.82) is 0 Å². The Morgan fingerprint density at radius 2 is 1.88 bits per heavy atom. The first kappa shape index (κ1) is 11.6. The fourth-order valence-electron chi connectivity index (χ4n) is 2.57. The number of nitrogens with one attached hydrogen (secondary N) is 1. The zero-order valence-corrected chi connectivity index (χ0v) is 10.1. The van der Waals surface area contributed by atoms with Crippen molar-refractivity contribution in [2.24, 2.45) is 11.7 Å². The fourth-order valence-corrected chi connectivity index (χ4v) is 2.57. The van der Waals surface area contributed by atoms with E-state index in [1.54, 1.807) is 0 Å². The number of piperidine rings is 1. The highest BCUT2D eigenvalue weighted by Gasteiger charge is 2.20. The van der Waals surface area contributed by atoms with E-state index in [2.05, 4.69) is 36.5 Å². The molecule has 0 saturated carbocycles. The molecule has 2 rings (SSSR count). The van der Waals surface area contributed by atoms with E-state index >= 15 is 0 Å². The van der Waals surface area contributed by atoms with Gasteiger partial charge in [-0.25, -0.2) is 0 Å². The van der Waals surface area contributed by atoms with Crippen LogP contribution in [0.15, 0.2) is 24.3 Å². The molecule has 1 aliphatic heterocycles. The molecule has 2 nitrogen and oxygen atoms in total. The fraction of sp³-hybridized carbons (Fsp3) is 0.571. The Balaban J connectivity index is 2.04. The summed E-state index contributed by atoms with van der Waals surface area (Å²) in [4.78, 5) is 0. The highest BCUT2D eigenvalue weighted by atomic mass is 14.9. The zero-order chi connectivity index (χ0) is 11.4. The van der Waals surface area contributed by atoms with Crippen LogP contribution in [0.5, 0.6) is 0 Å². The lowest BCUT2D eigenvalue weighted by molar-refractivity contribution is 0.330. The van der Waals surface area contributed by atoms with Crippen molar-refractivity contribution in [3.05, 3.63) is 35.4 Å². The monoisotopic (exact) mass is 218 g/mol. The third-order valence-corrected chi connectivity index (χ3v) is 3.83. The molecule has 0 radical (unpaired) electrons. The minimum atomic E-state index is 0.641. The summed E-state index contributed by atoms with van der Waals surface area (Å²) >= 11 is 0. The summed E-state index contributed by atoms with van der Waals surface area (Å²) in [6.07, 6.45) is 2.61. The number of benzene rings is 1. The average Bonchev–Trinajstić information content (AvgIpc) is 2.39. The molecule has 1 unspecified atom stereocenters. The topological polar surface area (TPSA) is 38.0 Å². The van der Waals surface area contributed by atoms with Crippen LogP contribution >= 0.6 is 0 Å². The van der Waals surface area contributed by atoms with Crippen LogP contribution in [-0.2, 0) is 6.54 Å². The second kappa shape index (κ2) is 5.46. The van der Waals surface area contributed by atoms with E-state index in [-0.39, 0.29) is 0 Å². The zero-order valence-electron chi connectivity index (χ0n) is 10.1. The van der Waals surface area contributed by atoms with Gasteiger partial charge in [-0.3, -0.25) is 0 Å². The Morgan fingerprint density at radius 1 is 1.25 bits per heavy atom. The van der Waals surface area contributed by atoms with Gasteiger partial charge >= 0.3 is 0 Å². The average molecular weight is 218 g/mol. The van der Waals surface area contributed by atoms with Crippen LogP contribution in [0.2, 0.25) is 0 Å². The van der Waals surface area contributed by atoms with Gasteiger partial charge in [-0.15, -0.1) is 0 Å². The van der Waals surface area contributed by atoms with Crippen LogP contribution in [0, 0.1) is 5.92 Å². The molecule has 1 aromatic carbocycles. The standard InChI is InChI=1S/C14H22N2/c1-11(14-6-8-16-9-7-14)13-4-2-12(10-15)3-5-13/h2-5,11,14,16H,6-10,15H2,1H3. The van der Waals surface area contributed by atoms with Crippen LogP contribution in [-0.4, -0.2) is 13.1 Å². The van der Waals surface area contributed by atoms with Crippen LogP contribution in [0.1, 0.15) is 36.8 Å². The first-order chi connectivity index (χ1) is 7.81. The largest absolute Gasteiger partial charge is 0.326 e. The van der Waals surface area contributed by atoms with Crippen LogP contribution in [0.3, 0.4) is 0 Å². The lowest BCUT2D eigenvalue weighted by Gasteiger charge is -2.28. The molecule has 1 aromatic rings. The molecule has 16 heavy (non-hydrogen) atoms. The molecule has 1 atom stereocenters. The summed E-state index contributed by atoms with van der Waals surface area (Å²) < 4.78 is 0. The second-order valence-corrected chi connectivity index (χ2v) is 4.82. The third kappa shape index (κ3) is 2.63. The Bertz CT molecular complexity index is 312. The Hall–Kier alpha value is -0.860. The molecule has 1 heterocycles. The van der Waals surface area contributed by atoms with Crippen molar-refractivity contribution >= 4 is 0 Å². The second-order valence-electron chi connectivity index (χ2n) is 4.82. The summed E-state index contributed by atoms with van der Waals surface area (Å²) in [6.45, 7) is 5.35. The number of hydrogen-bond donors (Lipinski definition) is 2. The summed E-state index contributed by atoms with van der Waals surface area (Å²) in [5.74, 6) is 1.51. The van der Waals surface area contributed by atoms with E-state index in [4.69, 9.17) is 5.73 Å². The van der Waals surface area contributed by atoms with Crippen molar-refractivity contribution in [2.75, 3.05) is 13.1 Å². The maximum atomic E-state index is 5.61. The molecular formula is C14H22N2. The maximum Gasteiger partial charge on any atom is 0.0178 e. The molecule has 0 aromatic heterocycles. The highest BCUT2D eigenvalue weighted by molar-refractivity contribution is 5.25. The van der Waals surface area contributed by atoms with Crippen molar-refractivity contribution in [2.45, 2.75) is 32.2 Å². The Kier molecular flexibility index (Phi) is 3.97. The molecular weight excluding hydrogens is 196 g/mol. The van der Waals surface area contributed by atoms with Crippen molar-refractivity contribution in [1.82, 2.24) is 5.32 Å². The molecule has 1 saturated heterocycles. The minimum absolute atomic E-state index is 0.641. The molecule has 3 N–H and O–H groups in total. The van der Waals surface area contributed by atoms with Crippen molar-refractivity contribution < 1.29 is 0 Å². The predicted octanol–water partition coefficient (Wildman–Crippen LogP) is 2.25. The molecule has 2 heteroatoms. The van der Waals surface area contributed by atoms with Gasteiger partial charge in [0.15, 0.2) is 0 Å². The van der Waals surface area contributed by atoms with Gasteiger partial charge in [0.05, 0.1) is 0 Å². The summed E-state index contributed by atoms with van der Waals surface area (Å²) in [5.41, 5.74) is 8.30. The molecule has 0 spiro atoms. The van der Waals surface area contributed by atoms with Gasteiger partial charge in [-0.05, 0) is 48.9 Å². The van der Waals surface area contributed by atoms with Crippen LogP contribution < -0.4 is 11.1 Å². The summed E-state index contributed by atoms with van der Waals surface area (Å²) in [5, 5.41) is 3.42. The van der Waals surface area contributed by atoms with Crippen molar-refractivity contribution in [3.63, 3.8) is 0 Å². The minimum Gasteiger partial charge on any atom is -0.326 e. The molecule has 1 fully saturated rings. The Morgan fingerprint density at radius 3 is 2.44 bits per heavy atom. The van der Waals surface area contributed by atoms with Gasteiger partial charge in [0.1, 0.15) is 0 Å². The predicted molar refractivity (Wildman–Crippen MR) is 68.3 cm³/mol. The molecule has 1 aliphatic rings. The molecule has 88 valence electrons. The lowest BCUT2D eigenvalue weighted by atomic mass is 9.81. The molecule has 0 amide bonds. The summed E-state index contributed by atoms with van der Waals surface area (Å²) in [6, 6.07) is 8.81. The van der Waals surface area contributed by atoms with Gasteiger partial charge in [-0.2, -0.15) is 0 Å². The summed E-state index contributed by atoms with van der Waals surface area (Å²) in [7, 11) is 0. The third-order valence-electron chi connectivity index (χ3n) is 3.83. The van der Waals surface area contributed by atoms with Gasteiger partial charge in [0, 0.05) is 6.54 Å². The van der Waals surface area contributed by atoms with E-state index in [0.29, 0.717) is 12.5 Å². The lowest BCUT2D eigenvalue weighted by Crippen LogP contribution is -2.30. The van der Waals surface area contributed by atoms with Crippen LogP contribution in [0.25, 0.3) is 0 Å².